The molecule has 0 saturated carbocycles. The maximum atomic E-state index is 13.5. The Morgan fingerprint density at radius 3 is 2.46 bits per heavy atom. The predicted molar refractivity (Wildman–Crippen MR) is 108 cm³/mol. The van der Waals surface area contributed by atoms with Crippen molar-refractivity contribution < 1.29 is 18.0 Å². The van der Waals surface area contributed by atoms with Crippen LogP contribution in [0.4, 0.5) is 13.2 Å². The van der Waals surface area contributed by atoms with Gasteiger partial charge in [0.25, 0.3) is 5.91 Å². The van der Waals surface area contributed by atoms with Crippen LogP contribution in [-0.4, -0.2) is 35.5 Å². The molecule has 28 heavy (non-hydrogen) atoms. The lowest BCUT2D eigenvalue weighted by Crippen LogP contribution is -2.69. The van der Waals surface area contributed by atoms with E-state index in [1.54, 1.807) is 12.1 Å². The number of nitrogens with one attached hydrogen (secondary N) is 1. The zero-order valence-electron chi connectivity index (χ0n) is 16.0. The van der Waals surface area contributed by atoms with E-state index in [2.05, 4.69) is 24.1 Å². The van der Waals surface area contributed by atoms with E-state index in [9.17, 15) is 18.0 Å². The molecule has 0 spiro atoms. The number of rotatable bonds is 2. The van der Waals surface area contributed by atoms with Gasteiger partial charge in [0.15, 0.2) is 0 Å². The van der Waals surface area contributed by atoms with E-state index >= 15 is 0 Å². The van der Waals surface area contributed by atoms with Gasteiger partial charge in [-0.15, -0.1) is 23.7 Å². The average molecular weight is 433 g/mol. The topological polar surface area (TPSA) is 32.3 Å². The molecule has 0 unspecified atom stereocenters. The number of hydrogen-bond donors (Lipinski definition) is 1. The third-order valence-corrected chi connectivity index (χ3v) is 7.44. The summed E-state index contributed by atoms with van der Waals surface area (Å²) in [6.45, 7) is 7.82. The summed E-state index contributed by atoms with van der Waals surface area (Å²) in [6, 6.07) is 4.72. The number of fused-ring (bicyclic) bond motifs is 4. The van der Waals surface area contributed by atoms with Gasteiger partial charge in [0.05, 0.1) is 10.4 Å². The van der Waals surface area contributed by atoms with Crippen LogP contribution in [0.5, 0.6) is 0 Å². The lowest BCUT2D eigenvalue weighted by Gasteiger charge is -2.56. The molecule has 1 aromatic carbocycles. The lowest BCUT2D eigenvalue weighted by molar-refractivity contribution is -0.136. The first-order valence-corrected chi connectivity index (χ1v) is 10.1. The summed E-state index contributed by atoms with van der Waals surface area (Å²) < 4.78 is 40.5. The fourth-order valence-corrected chi connectivity index (χ4v) is 5.94. The summed E-state index contributed by atoms with van der Waals surface area (Å²) >= 11 is 0.936. The van der Waals surface area contributed by atoms with Crippen LogP contribution in [0.3, 0.4) is 0 Å². The van der Waals surface area contributed by atoms with E-state index < -0.39 is 11.7 Å². The molecule has 1 N–H and O–H groups in total. The van der Waals surface area contributed by atoms with E-state index in [0.29, 0.717) is 16.2 Å². The van der Waals surface area contributed by atoms with Crippen molar-refractivity contribution in [1.82, 2.24) is 10.2 Å². The minimum absolute atomic E-state index is 0. The van der Waals surface area contributed by atoms with E-state index in [4.69, 9.17) is 0 Å². The van der Waals surface area contributed by atoms with Gasteiger partial charge in [-0.25, -0.2) is 0 Å². The van der Waals surface area contributed by atoms with Gasteiger partial charge in [-0.2, -0.15) is 13.2 Å². The van der Waals surface area contributed by atoms with Gasteiger partial charge in [0, 0.05) is 16.3 Å². The second-order valence-electron chi connectivity index (χ2n) is 8.21. The maximum Gasteiger partial charge on any atom is 0.418 e. The molecule has 1 aromatic heterocycles. The highest BCUT2D eigenvalue weighted by Crippen LogP contribution is 2.42. The average Bonchev–Trinajstić information content (AvgIpc) is 3.01. The number of amides is 1. The van der Waals surface area contributed by atoms with Gasteiger partial charge < -0.3 is 5.32 Å². The Morgan fingerprint density at radius 2 is 1.89 bits per heavy atom. The molecule has 2 bridgehead atoms. The number of aryl methyl sites for hydroxylation is 1. The molecule has 8 heteroatoms. The summed E-state index contributed by atoms with van der Waals surface area (Å²) in [5, 5.41) is 3.61. The molecule has 2 aromatic rings. The fourth-order valence-electron chi connectivity index (χ4n) is 4.76. The molecule has 3 nitrogen and oxygen atoms in total. The van der Waals surface area contributed by atoms with Crippen molar-refractivity contribution >= 4 is 39.7 Å². The van der Waals surface area contributed by atoms with Crippen LogP contribution in [-0.2, 0) is 6.18 Å². The van der Waals surface area contributed by atoms with Crippen LogP contribution >= 0.6 is 23.7 Å². The SMILES string of the molecule is Cc1ccc2cc(C(=O)N[C@@H]3C4CCN(CC4)C3(C)C)sc2c1C(F)(F)F.Cl. The molecule has 154 valence electrons. The van der Waals surface area contributed by atoms with Crippen LogP contribution in [0, 0.1) is 12.8 Å². The number of carbonyl (C=O) groups is 1. The number of hydrogen-bond acceptors (Lipinski definition) is 3. The number of piperidine rings is 3. The first kappa shape index (κ1) is 21.4. The predicted octanol–water partition coefficient (Wildman–Crippen LogP) is 5.25. The minimum atomic E-state index is -4.43. The van der Waals surface area contributed by atoms with Crippen molar-refractivity contribution in [2.24, 2.45) is 5.92 Å². The van der Waals surface area contributed by atoms with Gasteiger partial charge in [-0.05, 0) is 69.6 Å². The number of nitrogens with zero attached hydrogens (tertiary/aromatic N) is 1. The second-order valence-corrected chi connectivity index (χ2v) is 9.27. The standard InChI is InChI=1S/C20H23F3N2OS.ClH/c1-11-4-5-13-10-14(27-16(13)15(11)20(21,22)23)18(26)24-17-12-6-8-25(9-7-12)19(17,2)3;/h4-5,10,12,17H,6-9H2,1-3H3,(H,24,26);1H/t17-;/m1./s1. The van der Waals surface area contributed by atoms with Crippen molar-refractivity contribution in [2.45, 2.75) is 51.4 Å². The summed E-state index contributed by atoms with van der Waals surface area (Å²) in [6.07, 6.45) is -2.32. The number of carbonyl (C=O) groups excluding carboxylic acids is 1. The molecule has 1 amide bonds. The summed E-state index contributed by atoms with van der Waals surface area (Å²) in [4.78, 5) is 15.6. The number of benzene rings is 1. The molecular formula is C20H24ClF3N2OS. The van der Waals surface area contributed by atoms with Crippen LogP contribution in [0.2, 0.25) is 0 Å². The van der Waals surface area contributed by atoms with Crippen LogP contribution in [0.25, 0.3) is 10.1 Å². The highest BCUT2D eigenvalue weighted by Gasteiger charge is 2.48. The molecule has 3 aliphatic rings. The van der Waals surface area contributed by atoms with Gasteiger partial charge >= 0.3 is 6.18 Å². The quantitative estimate of drug-likeness (QED) is 0.702. The Hall–Kier alpha value is -1.31. The molecule has 3 aliphatic heterocycles. The van der Waals surface area contributed by atoms with E-state index in [1.807, 2.05) is 0 Å². The van der Waals surface area contributed by atoms with Gasteiger partial charge in [-0.3, -0.25) is 9.69 Å². The van der Waals surface area contributed by atoms with E-state index in [0.717, 1.165) is 37.3 Å². The zero-order valence-corrected chi connectivity index (χ0v) is 17.7. The number of thiophene rings is 1. The molecule has 1 atom stereocenters. The molecule has 3 fully saturated rings. The van der Waals surface area contributed by atoms with Crippen molar-refractivity contribution in [3.05, 3.63) is 34.2 Å². The van der Waals surface area contributed by atoms with Crippen molar-refractivity contribution in [2.75, 3.05) is 13.1 Å². The summed E-state index contributed by atoms with van der Waals surface area (Å²) in [7, 11) is 0. The maximum absolute atomic E-state index is 13.5. The third-order valence-electron chi connectivity index (χ3n) is 6.28. The van der Waals surface area contributed by atoms with E-state index in [1.165, 1.54) is 13.0 Å². The molecule has 4 heterocycles. The Labute approximate surface area is 172 Å². The third kappa shape index (κ3) is 3.42. The Morgan fingerprint density at radius 1 is 1.25 bits per heavy atom. The fraction of sp³-hybridized carbons (Fsp3) is 0.550. The summed E-state index contributed by atoms with van der Waals surface area (Å²) in [5.41, 5.74) is -0.587. The molecule has 5 rings (SSSR count). The van der Waals surface area contributed by atoms with Crippen molar-refractivity contribution in [3.63, 3.8) is 0 Å². The van der Waals surface area contributed by atoms with E-state index in [-0.39, 0.29) is 40.2 Å². The van der Waals surface area contributed by atoms with Crippen molar-refractivity contribution in [1.29, 1.82) is 0 Å². The smallest absolute Gasteiger partial charge is 0.346 e. The minimum Gasteiger partial charge on any atom is -0.346 e. The zero-order chi connectivity index (χ0) is 19.6. The molecule has 0 aliphatic carbocycles. The summed E-state index contributed by atoms with van der Waals surface area (Å²) in [5.74, 6) is 0.158. The number of alkyl halides is 3. The van der Waals surface area contributed by atoms with Crippen LogP contribution < -0.4 is 5.32 Å². The molecular weight excluding hydrogens is 409 g/mol. The first-order chi connectivity index (χ1) is 12.6. The first-order valence-electron chi connectivity index (χ1n) is 9.25. The Kier molecular flexibility index (Phi) is 5.49. The Balaban J connectivity index is 0.00000225. The monoisotopic (exact) mass is 432 g/mol. The normalized spacial score (nSPS) is 26.1. The van der Waals surface area contributed by atoms with Gasteiger partial charge in [0.2, 0.25) is 0 Å². The highest BCUT2D eigenvalue weighted by atomic mass is 35.5. The highest BCUT2D eigenvalue weighted by molar-refractivity contribution is 7.21. The second kappa shape index (κ2) is 7.18. The van der Waals surface area contributed by atoms with Crippen LogP contribution in [0.1, 0.15) is 47.5 Å². The largest absolute Gasteiger partial charge is 0.418 e. The van der Waals surface area contributed by atoms with Crippen LogP contribution in [0.15, 0.2) is 18.2 Å². The Bertz CT molecular complexity index is 901. The lowest BCUT2D eigenvalue weighted by atomic mass is 9.72. The van der Waals surface area contributed by atoms with Gasteiger partial charge in [-0.1, -0.05) is 12.1 Å². The van der Waals surface area contributed by atoms with Crippen molar-refractivity contribution in [3.8, 4) is 0 Å². The molecule has 0 radical (unpaired) electrons. The number of halogens is 4. The van der Waals surface area contributed by atoms with Gasteiger partial charge in [0.1, 0.15) is 0 Å². The molecule has 3 saturated heterocycles.